The predicted octanol–water partition coefficient (Wildman–Crippen LogP) is 1.88. The Morgan fingerprint density at radius 3 is 2.75 bits per heavy atom. The highest BCUT2D eigenvalue weighted by atomic mass is 16.5. The molecular formula is C11H12N2O3. The summed E-state index contributed by atoms with van der Waals surface area (Å²) in [6.07, 6.45) is 3.53. The van der Waals surface area contributed by atoms with Crippen molar-refractivity contribution in [2.24, 2.45) is 0 Å². The molecule has 0 N–H and O–H groups in total. The van der Waals surface area contributed by atoms with Crippen LogP contribution in [0.15, 0.2) is 15.2 Å². The molecule has 2 aromatic heterocycles. The van der Waals surface area contributed by atoms with Gasteiger partial charge in [-0.2, -0.15) is 0 Å². The second kappa shape index (κ2) is 4.30. The average molecular weight is 220 g/mol. The first kappa shape index (κ1) is 10.6. The van der Waals surface area contributed by atoms with Crippen molar-refractivity contribution in [2.45, 2.75) is 26.7 Å². The monoisotopic (exact) mass is 220 g/mol. The van der Waals surface area contributed by atoms with E-state index in [1.807, 2.05) is 13.8 Å². The zero-order valence-corrected chi connectivity index (χ0v) is 9.19. The third kappa shape index (κ3) is 1.88. The SMILES string of the molecule is Cc1noc(C)c1CCc1oncc1C=O. The maximum absolute atomic E-state index is 10.7. The fourth-order valence-corrected chi connectivity index (χ4v) is 1.65. The summed E-state index contributed by atoms with van der Waals surface area (Å²) in [4.78, 5) is 10.7. The Labute approximate surface area is 92.4 Å². The van der Waals surface area contributed by atoms with E-state index in [0.717, 1.165) is 29.7 Å². The van der Waals surface area contributed by atoms with Crippen molar-refractivity contribution in [3.8, 4) is 0 Å². The number of hydrogen-bond acceptors (Lipinski definition) is 5. The Morgan fingerprint density at radius 2 is 2.12 bits per heavy atom. The third-order valence-corrected chi connectivity index (χ3v) is 2.59. The summed E-state index contributed by atoms with van der Waals surface area (Å²) < 4.78 is 10.1. The summed E-state index contributed by atoms with van der Waals surface area (Å²) in [6, 6.07) is 0. The molecule has 0 aromatic carbocycles. The molecule has 0 atom stereocenters. The van der Waals surface area contributed by atoms with Crippen LogP contribution in [0.3, 0.4) is 0 Å². The smallest absolute Gasteiger partial charge is 0.155 e. The molecule has 0 saturated heterocycles. The van der Waals surface area contributed by atoms with Crippen molar-refractivity contribution >= 4 is 6.29 Å². The van der Waals surface area contributed by atoms with Gasteiger partial charge in [-0.1, -0.05) is 10.3 Å². The number of aryl methyl sites for hydroxylation is 3. The van der Waals surface area contributed by atoms with Gasteiger partial charge in [-0.15, -0.1) is 0 Å². The van der Waals surface area contributed by atoms with Gasteiger partial charge in [0.05, 0.1) is 17.5 Å². The van der Waals surface area contributed by atoms with Crippen molar-refractivity contribution in [1.82, 2.24) is 10.3 Å². The fourth-order valence-electron chi connectivity index (χ4n) is 1.65. The molecule has 16 heavy (non-hydrogen) atoms. The van der Waals surface area contributed by atoms with Gasteiger partial charge in [-0.05, 0) is 20.3 Å². The number of aromatic nitrogens is 2. The normalized spacial score (nSPS) is 10.6. The van der Waals surface area contributed by atoms with Crippen LogP contribution in [0.5, 0.6) is 0 Å². The van der Waals surface area contributed by atoms with E-state index >= 15 is 0 Å². The Hall–Kier alpha value is -1.91. The Balaban J connectivity index is 2.11. The number of nitrogens with zero attached hydrogens (tertiary/aromatic N) is 2. The highest BCUT2D eigenvalue weighted by molar-refractivity contribution is 5.75. The molecule has 0 amide bonds. The quantitative estimate of drug-likeness (QED) is 0.736. The van der Waals surface area contributed by atoms with Gasteiger partial charge in [-0.25, -0.2) is 0 Å². The van der Waals surface area contributed by atoms with Gasteiger partial charge in [0, 0.05) is 12.0 Å². The molecule has 0 radical (unpaired) electrons. The van der Waals surface area contributed by atoms with E-state index in [-0.39, 0.29) is 0 Å². The van der Waals surface area contributed by atoms with E-state index in [2.05, 4.69) is 10.3 Å². The molecule has 0 saturated carbocycles. The van der Waals surface area contributed by atoms with E-state index < -0.39 is 0 Å². The third-order valence-electron chi connectivity index (χ3n) is 2.59. The van der Waals surface area contributed by atoms with Crippen molar-refractivity contribution in [3.05, 3.63) is 34.5 Å². The van der Waals surface area contributed by atoms with E-state index in [1.165, 1.54) is 6.20 Å². The molecule has 0 aliphatic heterocycles. The highest BCUT2D eigenvalue weighted by Crippen LogP contribution is 2.16. The minimum Gasteiger partial charge on any atom is -0.361 e. The van der Waals surface area contributed by atoms with Crippen LogP contribution in [-0.2, 0) is 12.8 Å². The predicted molar refractivity (Wildman–Crippen MR) is 55.3 cm³/mol. The zero-order chi connectivity index (χ0) is 11.5. The molecule has 84 valence electrons. The van der Waals surface area contributed by atoms with E-state index in [1.54, 1.807) is 0 Å². The number of carbonyl (C=O) groups is 1. The summed E-state index contributed by atoms with van der Waals surface area (Å²) in [5.74, 6) is 1.42. The lowest BCUT2D eigenvalue weighted by Crippen LogP contribution is -1.95. The van der Waals surface area contributed by atoms with Crippen LogP contribution in [0.4, 0.5) is 0 Å². The molecule has 5 nitrogen and oxygen atoms in total. The summed E-state index contributed by atoms with van der Waals surface area (Å²) in [6.45, 7) is 3.77. The number of aldehydes is 1. The van der Waals surface area contributed by atoms with Crippen molar-refractivity contribution in [1.29, 1.82) is 0 Å². The molecule has 2 rings (SSSR count). The number of rotatable bonds is 4. The summed E-state index contributed by atoms with van der Waals surface area (Å²) in [5, 5.41) is 7.46. The van der Waals surface area contributed by atoms with Crippen LogP contribution in [0.1, 0.15) is 33.1 Å². The molecule has 0 bridgehead atoms. The van der Waals surface area contributed by atoms with Gasteiger partial charge in [0.2, 0.25) is 0 Å². The highest BCUT2D eigenvalue weighted by Gasteiger charge is 2.12. The maximum Gasteiger partial charge on any atom is 0.155 e. The lowest BCUT2D eigenvalue weighted by Gasteiger charge is -1.97. The summed E-state index contributed by atoms with van der Waals surface area (Å²) >= 11 is 0. The molecular weight excluding hydrogens is 208 g/mol. The van der Waals surface area contributed by atoms with Gasteiger partial charge in [0.1, 0.15) is 11.5 Å². The van der Waals surface area contributed by atoms with Crippen LogP contribution in [0.2, 0.25) is 0 Å². The average Bonchev–Trinajstić information content (AvgIpc) is 2.84. The van der Waals surface area contributed by atoms with Crippen molar-refractivity contribution in [3.63, 3.8) is 0 Å². The van der Waals surface area contributed by atoms with E-state index in [9.17, 15) is 4.79 Å². The number of carbonyl (C=O) groups excluding carboxylic acids is 1. The Morgan fingerprint density at radius 1 is 1.31 bits per heavy atom. The van der Waals surface area contributed by atoms with E-state index in [0.29, 0.717) is 17.7 Å². The largest absolute Gasteiger partial charge is 0.361 e. The first-order chi connectivity index (χ1) is 7.72. The second-order valence-electron chi connectivity index (χ2n) is 3.62. The Bertz CT molecular complexity index is 480. The molecule has 0 fully saturated rings. The Kier molecular flexibility index (Phi) is 2.85. The van der Waals surface area contributed by atoms with Gasteiger partial charge < -0.3 is 9.05 Å². The summed E-state index contributed by atoms with van der Waals surface area (Å²) in [5.41, 5.74) is 2.45. The lowest BCUT2D eigenvalue weighted by atomic mass is 10.1. The lowest BCUT2D eigenvalue weighted by molar-refractivity contribution is 0.112. The van der Waals surface area contributed by atoms with Crippen molar-refractivity contribution < 1.29 is 13.8 Å². The van der Waals surface area contributed by atoms with Crippen LogP contribution in [0.25, 0.3) is 0 Å². The fraction of sp³-hybridized carbons (Fsp3) is 0.364. The molecule has 0 unspecified atom stereocenters. The minimum atomic E-state index is 0.506. The molecule has 2 aromatic rings. The van der Waals surface area contributed by atoms with Crippen LogP contribution >= 0.6 is 0 Å². The molecule has 0 aliphatic carbocycles. The first-order valence-corrected chi connectivity index (χ1v) is 5.03. The zero-order valence-electron chi connectivity index (χ0n) is 9.19. The van der Waals surface area contributed by atoms with Gasteiger partial charge in [-0.3, -0.25) is 4.79 Å². The van der Waals surface area contributed by atoms with Crippen molar-refractivity contribution in [2.75, 3.05) is 0 Å². The maximum atomic E-state index is 10.7. The number of hydrogen-bond donors (Lipinski definition) is 0. The molecule has 0 aliphatic rings. The van der Waals surface area contributed by atoms with Gasteiger partial charge >= 0.3 is 0 Å². The van der Waals surface area contributed by atoms with Gasteiger partial charge in [0.25, 0.3) is 0 Å². The minimum absolute atomic E-state index is 0.506. The van der Waals surface area contributed by atoms with Crippen LogP contribution in [-0.4, -0.2) is 16.6 Å². The topological polar surface area (TPSA) is 69.1 Å². The second-order valence-corrected chi connectivity index (χ2v) is 3.62. The molecule has 0 spiro atoms. The van der Waals surface area contributed by atoms with Gasteiger partial charge in [0.15, 0.2) is 6.29 Å². The first-order valence-electron chi connectivity index (χ1n) is 5.03. The molecule has 2 heterocycles. The van der Waals surface area contributed by atoms with Crippen LogP contribution in [0, 0.1) is 13.8 Å². The van der Waals surface area contributed by atoms with E-state index in [4.69, 9.17) is 9.05 Å². The molecule has 5 heteroatoms. The standard InChI is InChI=1S/C11H12N2O3/c1-7-10(8(2)15-13-7)3-4-11-9(6-14)5-12-16-11/h5-6H,3-4H2,1-2H3. The summed E-state index contributed by atoms with van der Waals surface area (Å²) in [7, 11) is 0. The van der Waals surface area contributed by atoms with Crippen LogP contribution < -0.4 is 0 Å².